The molecule has 4 rings (SSSR count). The minimum atomic E-state index is -3.95. The van der Waals surface area contributed by atoms with Crippen LogP contribution in [-0.4, -0.2) is 50.0 Å². The first kappa shape index (κ1) is 31.9. The second-order valence-electron chi connectivity index (χ2n) is 10.9. The minimum Gasteiger partial charge on any atom is -0.352 e. The molecule has 42 heavy (non-hydrogen) atoms. The Morgan fingerprint density at radius 3 is 2.29 bits per heavy atom. The number of hydrogen-bond donors (Lipinski definition) is 1. The maximum absolute atomic E-state index is 14.3. The second-order valence-corrected chi connectivity index (χ2v) is 13.6. The van der Waals surface area contributed by atoms with Crippen molar-refractivity contribution < 1.29 is 18.0 Å². The Labute approximate surface area is 258 Å². The molecule has 10 heteroatoms. The highest BCUT2D eigenvalue weighted by Gasteiger charge is 2.34. The van der Waals surface area contributed by atoms with Crippen LogP contribution >= 0.6 is 23.2 Å². The van der Waals surface area contributed by atoms with E-state index >= 15 is 0 Å². The highest BCUT2D eigenvalue weighted by molar-refractivity contribution is 7.92. The monoisotopic (exact) mass is 629 g/mol. The Morgan fingerprint density at radius 1 is 0.952 bits per heavy atom. The topological polar surface area (TPSA) is 86.8 Å². The SMILES string of the molecule is Cc1ccccc1CN(C(=O)CN(c1cc(Cl)ccc1Cl)S(C)(=O)=O)C(Cc1ccccc1)C(=O)NC1CCCCC1. The molecule has 224 valence electrons. The van der Waals surface area contributed by atoms with Crippen LogP contribution in [0.15, 0.2) is 72.8 Å². The van der Waals surface area contributed by atoms with E-state index < -0.39 is 28.5 Å². The summed E-state index contributed by atoms with van der Waals surface area (Å²) in [6.45, 7) is 1.52. The minimum absolute atomic E-state index is 0.0396. The van der Waals surface area contributed by atoms with Crippen molar-refractivity contribution in [3.63, 3.8) is 0 Å². The second kappa shape index (κ2) is 14.4. The largest absolute Gasteiger partial charge is 0.352 e. The van der Waals surface area contributed by atoms with Crippen LogP contribution in [0, 0.1) is 6.92 Å². The van der Waals surface area contributed by atoms with E-state index in [1.807, 2.05) is 61.5 Å². The van der Waals surface area contributed by atoms with Crippen molar-refractivity contribution in [2.24, 2.45) is 0 Å². The first-order valence-electron chi connectivity index (χ1n) is 14.1. The van der Waals surface area contributed by atoms with Crippen molar-refractivity contribution in [2.75, 3.05) is 17.1 Å². The average Bonchev–Trinajstić information content (AvgIpc) is 2.96. The number of sulfonamides is 1. The molecule has 1 aliphatic rings. The number of benzene rings is 3. The van der Waals surface area contributed by atoms with Crippen LogP contribution in [-0.2, 0) is 32.6 Å². The zero-order chi connectivity index (χ0) is 30.3. The van der Waals surface area contributed by atoms with Gasteiger partial charge < -0.3 is 10.2 Å². The Morgan fingerprint density at radius 2 is 1.62 bits per heavy atom. The normalized spacial score (nSPS) is 14.7. The molecular weight excluding hydrogens is 593 g/mol. The summed E-state index contributed by atoms with van der Waals surface area (Å²) in [6, 6.07) is 20.8. The van der Waals surface area contributed by atoms with Crippen molar-refractivity contribution in [3.05, 3.63) is 99.5 Å². The molecule has 0 saturated heterocycles. The first-order valence-corrected chi connectivity index (χ1v) is 16.7. The summed E-state index contributed by atoms with van der Waals surface area (Å²) in [5.41, 5.74) is 2.81. The van der Waals surface area contributed by atoms with E-state index in [1.54, 1.807) is 6.07 Å². The van der Waals surface area contributed by atoms with Gasteiger partial charge in [0.15, 0.2) is 0 Å². The van der Waals surface area contributed by atoms with E-state index in [1.165, 1.54) is 17.0 Å². The number of hydrogen-bond acceptors (Lipinski definition) is 4. The lowest BCUT2D eigenvalue weighted by atomic mass is 9.94. The van der Waals surface area contributed by atoms with Gasteiger partial charge in [-0.3, -0.25) is 13.9 Å². The summed E-state index contributed by atoms with van der Waals surface area (Å²) < 4.78 is 26.9. The molecule has 1 saturated carbocycles. The first-order chi connectivity index (χ1) is 20.0. The van der Waals surface area contributed by atoms with Crippen molar-refractivity contribution in [2.45, 2.75) is 64.1 Å². The lowest BCUT2D eigenvalue weighted by molar-refractivity contribution is -0.140. The summed E-state index contributed by atoms with van der Waals surface area (Å²) in [5, 5.41) is 3.62. The predicted molar refractivity (Wildman–Crippen MR) is 169 cm³/mol. The van der Waals surface area contributed by atoms with Gasteiger partial charge in [-0.25, -0.2) is 8.42 Å². The van der Waals surface area contributed by atoms with Crippen LogP contribution in [0.3, 0.4) is 0 Å². The zero-order valence-electron chi connectivity index (χ0n) is 23.9. The van der Waals surface area contributed by atoms with E-state index in [-0.39, 0.29) is 40.6 Å². The fourth-order valence-corrected chi connectivity index (χ4v) is 6.63. The van der Waals surface area contributed by atoms with Gasteiger partial charge in [0.1, 0.15) is 12.6 Å². The molecule has 1 unspecified atom stereocenters. The molecule has 0 heterocycles. The van der Waals surface area contributed by atoms with Gasteiger partial charge in [-0.2, -0.15) is 0 Å². The number of carbonyl (C=O) groups is 2. The molecule has 1 N–H and O–H groups in total. The van der Waals surface area contributed by atoms with Crippen LogP contribution in [0.25, 0.3) is 0 Å². The molecule has 3 aromatic carbocycles. The van der Waals surface area contributed by atoms with E-state index in [9.17, 15) is 18.0 Å². The highest BCUT2D eigenvalue weighted by atomic mass is 35.5. The Bertz CT molecular complexity index is 1490. The molecule has 0 aliphatic heterocycles. The van der Waals surface area contributed by atoms with Gasteiger partial charge in [0.25, 0.3) is 0 Å². The molecule has 0 radical (unpaired) electrons. The lowest BCUT2D eigenvalue weighted by Gasteiger charge is -2.35. The summed E-state index contributed by atoms with van der Waals surface area (Å²) in [6.07, 6.45) is 6.31. The molecular formula is C32H37Cl2N3O4S. The predicted octanol–water partition coefficient (Wildman–Crippen LogP) is 6.16. The molecule has 1 atom stereocenters. The van der Waals surface area contributed by atoms with E-state index in [4.69, 9.17) is 23.2 Å². The third-order valence-corrected chi connectivity index (χ3v) is 9.36. The number of amides is 2. The number of carbonyl (C=O) groups excluding carboxylic acids is 2. The van der Waals surface area contributed by atoms with Crippen LogP contribution in [0.1, 0.15) is 48.8 Å². The fourth-order valence-electron chi connectivity index (χ4n) is 5.34. The van der Waals surface area contributed by atoms with Crippen molar-refractivity contribution >= 4 is 50.7 Å². The maximum Gasteiger partial charge on any atom is 0.244 e. The summed E-state index contributed by atoms with van der Waals surface area (Å²) in [4.78, 5) is 29.8. The number of rotatable bonds is 11. The van der Waals surface area contributed by atoms with Gasteiger partial charge in [-0.15, -0.1) is 0 Å². The standard InChI is InChI=1S/C32H37Cl2N3O4S/c1-23-11-9-10-14-25(23)21-36(31(38)22-37(42(2,40)41)29-20-26(33)17-18-28(29)34)30(19-24-12-5-3-6-13-24)32(39)35-27-15-7-4-8-16-27/h3,5-6,9-14,17-18,20,27,30H,4,7-8,15-16,19,21-22H2,1-2H3,(H,35,39). The van der Waals surface area contributed by atoms with Crippen molar-refractivity contribution in [1.29, 1.82) is 0 Å². The van der Waals surface area contributed by atoms with E-state index in [0.29, 0.717) is 0 Å². The molecule has 1 aliphatic carbocycles. The Balaban J connectivity index is 1.75. The van der Waals surface area contributed by atoms with Crippen LogP contribution in [0.2, 0.25) is 10.0 Å². The average molecular weight is 631 g/mol. The third-order valence-electron chi connectivity index (χ3n) is 7.68. The summed E-state index contributed by atoms with van der Waals surface area (Å²) >= 11 is 12.6. The van der Waals surface area contributed by atoms with Crippen LogP contribution in [0.5, 0.6) is 0 Å². The summed E-state index contributed by atoms with van der Waals surface area (Å²) in [7, 11) is -3.95. The molecule has 0 bridgehead atoms. The Hall–Kier alpha value is -3.07. The number of halogens is 2. The van der Waals surface area contributed by atoms with Crippen LogP contribution in [0.4, 0.5) is 5.69 Å². The van der Waals surface area contributed by atoms with Gasteiger partial charge in [0.05, 0.1) is 17.0 Å². The number of anilines is 1. The molecule has 3 aromatic rings. The smallest absolute Gasteiger partial charge is 0.244 e. The number of aryl methyl sites for hydroxylation is 1. The molecule has 2 amide bonds. The quantitative estimate of drug-likeness (QED) is 0.275. The third kappa shape index (κ3) is 8.49. The van der Waals surface area contributed by atoms with Crippen LogP contribution < -0.4 is 9.62 Å². The number of nitrogens with one attached hydrogen (secondary N) is 1. The summed E-state index contributed by atoms with van der Waals surface area (Å²) in [5.74, 6) is -0.779. The molecule has 0 spiro atoms. The van der Waals surface area contributed by atoms with Crippen molar-refractivity contribution in [1.82, 2.24) is 10.2 Å². The number of nitrogens with zero attached hydrogens (tertiary/aromatic N) is 2. The van der Waals surface area contributed by atoms with Gasteiger partial charge in [0.2, 0.25) is 21.8 Å². The van der Waals surface area contributed by atoms with Gasteiger partial charge in [-0.1, -0.05) is 97.1 Å². The molecule has 1 fully saturated rings. The van der Waals surface area contributed by atoms with Gasteiger partial charge >= 0.3 is 0 Å². The van der Waals surface area contributed by atoms with Crippen molar-refractivity contribution in [3.8, 4) is 0 Å². The zero-order valence-corrected chi connectivity index (χ0v) is 26.3. The molecule has 0 aromatic heterocycles. The highest BCUT2D eigenvalue weighted by Crippen LogP contribution is 2.31. The Kier molecular flexibility index (Phi) is 10.9. The fraction of sp³-hybridized carbons (Fsp3) is 0.375. The van der Waals surface area contributed by atoms with Gasteiger partial charge in [0, 0.05) is 24.0 Å². The molecule has 7 nitrogen and oxygen atoms in total. The van der Waals surface area contributed by atoms with E-state index in [0.717, 1.165) is 59.4 Å². The van der Waals surface area contributed by atoms with E-state index in [2.05, 4.69) is 5.32 Å². The maximum atomic E-state index is 14.3. The lowest BCUT2D eigenvalue weighted by Crippen LogP contribution is -2.55. The van der Waals surface area contributed by atoms with Gasteiger partial charge in [-0.05, 0) is 54.7 Å².